The molecule has 0 spiro atoms. The summed E-state index contributed by atoms with van der Waals surface area (Å²) in [6.45, 7) is -5.87. The Morgan fingerprint density at radius 1 is 1.32 bits per heavy atom. The molecule has 5 rings (SSSR count). The summed E-state index contributed by atoms with van der Waals surface area (Å²) in [6.07, 6.45) is 5.15. The standard InChI is InChI=1S/C23H20F2N4O2/c1-28-22-16(10-27-28)14(5-6-21(22)31-2)13-8-18(24)17(19(25)9-13)11-29-12-20-15(23(29)30)4-3-7-26-20/h3-10,16,22H,11-12H2,1-2H3/i1D3,2D3,12D2. The summed E-state index contributed by atoms with van der Waals surface area (Å²) >= 11 is 0. The number of carbonyl (C=O) groups is 1. The predicted molar refractivity (Wildman–Crippen MR) is 111 cm³/mol. The van der Waals surface area contributed by atoms with Crippen LogP contribution in [0, 0.1) is 17.6 Å². The highest BCUT2D eigenvalue weighted by molar-refractivity contribution is 5.97. The lowest BCUT2D eigenvalue weighted by molar-refractivity contribution is 0.0763. The lowest BCUT2D eigenvalue weighted by Crippen LogP contribution is -2.34. The van der Waals surface area contributed by atoms with E-state index in [0.29, 0.717) is 9.91 Å². The fraction of sp³-hybridized carbons (Fsp3) is 0.261. The smallest absolute Gasteiger partial charge is 0.256 e. The van der Waals surface area contributed by atoms with E-state index >= 15 is 8.78 Å². The van der Waals surface area contributed by atoms with Crippen LogP contribution in [0.3, 0.4) is 0 Å². The van der Waals surface area contributed by atoms with Crippen molar-refractivity contribution in [3.63, 3.8) is 0 Å². The Hall–Kier alpha value is -3.55. The fourth-order valence-electron chi connectivity index (χ4n) is 3.94. The number of likely N-dealkylation sites (N-methyl/N-ethyl adjacent to an activating group) is 1. The third-order valence-electron chi connectivity index (χ3n) is 5.47. The monoisotopic (exact) mass is 430 g/mol. The lowest BCUT2D eigenvalue weighted by atomic mass is 9.83. The molecule has 158 valence electrons. The van der Waals surface area contributed by atoms with Gasteiger partial charge in [0.25, 0.3) is 5.91 Å². The molecule has 0 saturated heterocycles. The lowest BCUT2D eigenvalue weighted by Gasteiger charge is -2.30. The summed E-state index contributed by atoms with van der Waals surface area (Å²) in [4.78, 5) is 17.4. The van der Waals surface area contributed by atoms with Crippen LogP contribution in [0.4, 0.5) is 8.78 Å². The van der Waals surface area contributed by atoms with E-state index in [-0.39, 0.29) is 28.2 Å². The van der Waals surface area contributed by atoms with Crippen molar-refractivity contribution in [1.29, 1.82) is 0 Å². The van der Waals surface area contributed by atoms with E-state index in [2.05, 4.69) is 10.1 Å². The number of rotatable bonds is 4. The Balaban J connectivity index is 1.49. The number of pyridine rings is 1. The van der Waals surface area contributed by atoms with Crippen molar-refractivity contribution in [3.8, 4) is 0 Å². The second-order valence-corrected chi connectivity index (χ2v) is 7.19. The maximum Gasteiger partial charge on any atom is 0.256 e. The van der Waals surface area contributed by atoms with Gasteiger partial charge in [-0.15, -0.1) is 0 Å². The molecule has 2 aromatic rings. The van der Waals surface area contributed by atoms with E-state index in [1.165, 1.54) is 36.7 Å². The summed E-state index contributed by atoms with van der Waals surface area (Å²) in [7, 11) is -2.88. The Morgan fingerprint density at radius 3 is 2.90 bits per heavy atom. The van der Waals surface area contributed by atoms with E-state index < -0.39 is 62.1 Å². The minimum absolute atomic E-state index is 0.000428. The van der Waals surface area contributed by atoms with Gasteiger partial charge in [0.05, 0.1) is 44.1 Å². The average molecular weight is 430 g/mol. The van der Waals surface area contributed by atoms with Crippen LogP contribution in [0.25, 0.3) is 5.57 Å². The molecule has 1 aromatic heterocycles. The van der Waals surface area contributed by atoms with Gasteiger partial charge in [-0.2, -0.15) is 5.10 Å². The van der Waals surface area contributed by atoms with E-state index in [1.807, 2.05) is 0 Å². The number of hydrazone groups is 1. The zero-order valence-electron chi connectivity index (χ0n) is 23.8. The van der Waals surface area contributed by atoms with Crippen LogP contribution in [-0.2, 0) is 17.8 Å². The van der Waals surface area contributed by atoms with Crippen LogP contribution in [0.2, 0.25) is 0 Å². The minimum atomic E-state index is -2.88. The van der Waals surface area contributed by atoms with Crippen LogP contribution >= 0.6 is 0 Å². The van der Waals surface area contributed by atoms with Crippen LogP contribution in [0.5, 0.6) is 0 Å². The summed E-state index contributed by atoms with van der Waals surface area (Å²) in [5.41, 5.74) is -0.427. The molecule has 8 heteroatoms. The van der Waals surface area contributed by atoms with Gasteiger partial charge < -0.3 is 9.64 Å². The van der Waals surface area contributed by atoms with E-state index in [1.54, 1.807) is 0 Å². The van der Waals surface area contributed by atoms with Crippen molar-refractivity contribution in [2.75, 3.05) is 14.0 Å². The molecule has 0 N–H and O–H groups in total. The maximum absolute atomic E-state index is 15.3. The van der Waals surface area contributed by atoms with Gasteiger partial charge in [0.15, 0.2) is 0 Å². The van der Waals surface area contributed by atoms with Gasteiger partial charge in [0.1, 0.15) is 23.4 Å². The van der Waals surface area contributed by atoms with Gasteiger partial charge in [-0.1, -0.05) is 6.08 Å². The Morgan fingerprint density at radius 2 is 2.16 bits per heavy atom. The zero-order valence-corrected chi connectivity index (χ0v) is 15.8. The van der Waals surface area contributed by atoms with Crippen LogP contribution in [0.1, 0.15) is 38.1 Å². The van der Waals surface area contributed by atoms with E-state index in [4.69, 9.17) is 15.7 Å². The second-order valence-electron chi connectivity index (χ2n) is 7.19. The predicted octanol–water partition coefficient (Wildman–Crippen LogP) is 3.36. The Kier molecular flexibility index (Phi) is 2.91. The van der Waals surface area contributed by atoms with Crippen molar-refractivity contribution in [2.24, 2.45) is 11.0 Å². The third-order valence-corrected chi connectivity index (χ3v) is 5.47. The molecule has 0 fully saturated rings. The second kappa shape index (κ2) is 7.30. The molecule has 6 nitrogen and oxygen atoms in total. The van der Waals surface area contributed by atoms with Crippen LogP contribution in [0.15, 0.2) is 53.5 Å². The molecule has 2 aliphatic heterocycles. The highest BCUT2D eigenvalue weighted by atomic mass is 19.1. The number of ether oxygens (including phenoxy) is 1. The molecule has 3 aliphatic rings. The van der Waals surface area contributed by atoms with Gasteiger partial charge in [-0.05, 0) is 41.5 Å². The number of fused-ring (bicyclic) bond motifs is 2. The molecule has 1 aromatic carbocycles. The zero-order chi connectivity index (χ0) is 28.5. The first-order valence-electron chi connectivity index (χ1n) is 13.3. The maximum atomic E-state index is 15.3. The number of aromatic nitrogens is 1. The average Bonchev–Trinajstić information content (AvgIpc) is 3.35. The number of methoxy groups -OCH3 is 1. The number of amides is 1. The summed E-state index contributed by atoms with van der Waals surface area (Å²) < 4.78 is 97.8. The van der Waals surface area contributed by atoms with Gasteiger partial charge >= 0.3 is 0 Å². The van der Waals surface area contributed by atoms with Crippen molar-refractivity contribution in [2.45, 2.75) is 19.1 Å². The number of carbonyl (C=O) groups excluding carboxylic acids is 1. The summed E-state index contributed by atoms with van der Waals surface area (Å²) in [5.74, 6) is -4.00. The molecule has 31 heavy (non-hydrogen) atoms. The van der Waals surface area contributed by atoms with Gasteiger partial charge in [-0.3, -0.25) is 14.8 Å². The number of hydrogen-bond donors (Lipinski definition) is 0. The van der Waals surface area contributed by atoms with E-state index in [9.17, 15) is 4.79 Å². The molecular formula is C23H20F2N4O2. The van der Waals surface area contributed by atoms with Crippen LogP contribution < -0.4 is 0 Å². The number of nitrogens with zero attached hydrogens (tertiary/aromatic N) is 4. The molecule has 0 radical (unpaired) electrons. The number of hydrogen-bond acceptors (Lipinski definition) is 5. The largest absolute Gasteiger partial charge is 0.499 e. The molecular weight excluding hydrogens is 402 g/mol. The fourth-order valence-corrected chi connectivity index (χ4v) is 3.94. The van der Waals surface area contributed by atoms with Gasteiger partial charge in [0, 0.05) is 29.1 Å². The summed E-state index contributed by atoms with van der Waals surface area (Å²) in [5, 5.41) is 4.61. The normalized spacial score (nSPS) is 28.0. The van der Waals surface area contributed by atoms with Crippen molar-refractivity contribution < 1.29 is 29.3 Å². The molecule has 2 unspecified atom stereocenters. The number of benzene rings is 1. The highest BCUT2D eigenvalue weighted by Crippen LogP contribution is 2.38. The van der Waals surface area contributed by atoms with Crippen molar-refractivity contribution in [1.82, 2.24) is 14.9 Å². The minimum Gasteiger partial charge on any atom is -0.499 e. The van der Waals surface area contributed by atoms with Crippen LogP contribution in [-0.4, -0.2) is 47.1 Å². The Bertz CT molecular complexity index is 1430. The Labute approximate surface area is 189 Å². The first-order valence-corrected chi connectivity index (χ1v) is 9.29. The van der Waals surface area contributed by atoms with Gasteiger partial charge in [-0.25, -0.2) is 8.78 Å². The van der Waals surface area contributed by atoms with E-state index in [0.717, 1.165) is 12.1 Å². The van der Waals surface area contributed by atoms with Crippen molar-refractivity contribution >= 4 is 17.7 Å². The first kappa shape index (κ1) is 12.3. The molecule has 0 saturated carbocycles. The molecule has 2 atom stereocenters. The first-order chi connectivity index (χ1) is 18.1. The molecule has 1 aliphatic carbocycles. The quantitative estimate of drug-likeness (QED) is 0.747. The summed E-state index contributed by atoms with van der Waals surface area (Å²) in [6, 6.07) is 3.61. The van der Waals surface area contributed by atoms with Gasteiger partial charge in [0.2, 0.25) is 0 Å². The van der Waals surface area contributed by atoms with Crippen molar-refractivity contribution in [3.05, 3.63) is 82.4 Å². The number of halogens is 2. The highest BCUT2D eigenvalue weighted by Gasteiger charge is 2.38. The molecule has 1 amide bonds. The molecule has 3 heterocycles. The number of allylic oxidation sites excluding steroid dienone is 2. The third kappa shape index (κ3) is 3.10. The topological polar surface area (TPSA) is 58.0 Å². The SMILES string of the molecule is [2H]C([2H])([2H])OC1=CC=C(c2cc(F)c(CN3C(=O)c4cccnc4C3([2H])[2H])c(F)c2)C2C=NN(C([2H])([2H])[2H])C12. The molecule has 0 bridgehead atoms.